The summed E-state index contributed by atoms with van der Waals surface area (Å²) in [4.78, 5) is 12.3. The first-order valence-electron chi connectivity index (χ1n) is 15.3. The van der Waals surface area contributed by atoms with Gasteiger partial charge in [-0.2, -0.15) is 0 Å². The minimum Gasteiger partial charge on any atom is -0.446 e. The first-order chi connectivity index (χ1) is 17.2. The third-order valence-corrected chi connectivity index (χ3v) is 11.2. The van der Waals surface area contributed by atoms with Gasteiger partial charge < -0.3 is 10.1 Å². The molecule has 1 amide bonds. The molecule has 4 aliphatic carbocycles. The molecule has 0 spiro atoms. The van der Waals surface area contributed by atoms with Gasteiger partial charge in [-0.1, -0.05) is 78.4 Å². The lowest BCUT2D eigenvalue weighted by molar-refractivity contribution is -0.0581. The summed E-state index contributed by atoms with van der Waals surface area (Å²) in [6.07, 6.45) is 17.3. The van der Waals surface area contributed by atoms with Gasteiger partial charge in [0.15, 0.2) is 0 Å². The molecule has 202 valence electrons. The number of carbonyl (C=O) groups is 1. The Morgan fingerprint density at radius 1 is 1.08 bits per heavy atom. The van der Waals surface area contributed by atoms with Crippen LogP contribution in [0, 0.1) is 58.2 Å². The first-order valence-corrected chi connectivity index (χ1v) is 15.3. The second-order valence-corrected chi connectivity index (χ2v) is 13.6. The molecule has 3 nitrogen and oxygen atoms in total. The third kappa shape index (κ3) is 5.54. The van der Waals surface area contributed by atoms with Gasteiger partial charge in [0.2, 0.25) is 0 Å². The van der Waals surface area contributed by atoms with E-state index in [9.17, 15) is 4.79 Å². The molecular formula is C33H53NO2. The SMILES string of the molecule is CCC#CCNC(=O)OC1CC[C@@]2(C)C(=CC[C@H]3[C@@H]4CC[C@H](C(C)CCCC(C)C)[C@@]4(C)CC[C@@H]32)C1. The molecule has 3 heteroatoms. The van der Waals surface area contributed by atoms with Gasteiger partial charge in [-0.25, -0.2) is 4.79 Å². The molecule has 0 radical (unpaired) electrons. The van der Waals surface area contributed by atoms with Gasteiger partial charge in [-0.15, -0.1) is 5.92 Å². The Bertz CT molecular complexity index is 865. The number of amides is 1. The van der Waals surface area contributed by atoms with Gasteiger partial charge in [-0.3, -0.25) is 0 Å². The summed E-state index contributed by atoms with van der Waals surface area (Å²) in [5.41, 5.74) is 2.42. The summed E-state index contributed by atoms with van der Waals surface area (Å²) in [6, 6.07) is 0. The number of nitrogens with one attached hydrogen (secondary N) is 1. The van der Waals surface area contributed by atoms with Gasteiger partial charge in [0.05, 0.1) is 6.54 Å². The lowest BCUT2D eigenvalue weighted by atomic mass is 9.47. The summed E-state index contributed by atoms with van der Waals surface area (Å²) in [5.74, 6) is 11.1. The fourth-order valence-corrected chi connectivity index (χ4v) is 9.25. The lowest BCUT2D eigenvalue weighted by Crippen LogP contribution is -2.51. The molecule has 0 aliphatic heterocycles. The standard InChI is InChI=1S/C33H53NO2/c1-7-8-9-21-34-31(35)36-26-17-19-32(5)25(22-26)13-14-27-29-16-15-28(24(4)12-10-11-23(2)3)33(29,6)20-18-30(27)32/h13,23-24,26-30H,7,10-12,14-22H2,1-6H3,(H,34,35)/t24?,26?,27-,28+,29-,30-,32-,33+/m0/s1. The zero-order valence-electron chi connectivity index (χ0n) is 24.1. The number of carbonyl (C=O) groups excluding carboxylic acids is 1. The van der Waals surface area contributed by atoms with E-state index in [4.69, 9.17) is 4.74 Å². The zero-order chi connectivity index (χ0) is 25.9. The second kappa shape index (κ2) is 11.5. The Labute approximate surface area is 222 Å². The Morgan fingerprint density at radius 2 is 1.89 bits per heavy atom. The minimum atomic E-state index is -0.309. The number of allylic oxidation sites excluding steroid dienone is 1. The summed E-state index contributed by atoms with van der Waals surface area (Å²) in [7, 11) is 0. The molecule has 0 aromatic heterocycles. The number of hydrogen-bond donors (Lipinski definition) is 1. The van der Waals surface area contributed by atoms with Crippen molar-refractivity contribution < 1.29 is 9.53 Å². The molecule has 36 heavy (non-hydrogen) atoms. The Kier molecular flexibility index (Phi) is 8.84. The highest BCUT2D eigenvalue weighted by Gasteiger charge is 2.59. The van der Waals surface area contributed by atoms with Crippen molar-refractivity contribution in [2.45, 2.75) is 125 Å². The highest BCUT2D eigenvalue weighted by atomic mass is 16.6. The molecule has 0 bridgehead atoms. The van der Waals surface area contributed by atoms with Crippen LogP contribution in [0.1, 0.15) is 119 Å². The number of ether oxygens (including phenoxy) is 1. The van der Waals surface area contributed by atoms with Crippen LogP contribution in [-0.2, 0) is 4.74 Å². The van der Waals surface area contributed by atoms with Crippen LogP contribution < -0.4 is 5.32 Å². The van der Waals surface area contributed by atoms with E-state index in [1.54, 1.807) is 5.57 Å². The minimum absolute atomic E-state index is 0.0106. The summed E-state index contributed by atoms with van der Waals surface area (Å²) in [6.45, 7) is 14.9. The summed E-state index contributed by atoms with van der Waals surface area (Å²) < 4.78 is 5.82. The number of hydrogen-bond acceptors (Lipinski definition) is 2. The van der Waals surface area contributed by atoms with Crippen molar-refractivity contribution in [1.29, 1.82) is 0 Å². The first kappa shape index (κ1) is 27.6. The summed E-state index contributed by atoms with van der Waals surface area (Å²) >= 11 is 0. The van der Waals surface area contributed by atoms with Crippen LogP contribution in [0.5, 0.6) is 0 Å². The van der Waals surface area contributed by atoms with Crippen molar-refractivity contribution in [2.24, 2.45) is 46.3 Å². The Morgan fingerprint density at radius 3 is 2.64 bits per heavy atom. The largest absolute Gasteiger partial charge is 0.446 e. The quantitative estimate of drug-likeness (QED) is 0.284. The van der Waals surface area contributed by atoms with Crippen molar-refractivity contribution in [3.05, 3.63) is 11.6 Å². The normalized spacial score (nSPS) is 38.1. The highest BCUT2D eigenvalue weighted by molar-refractivity contribution is 5.67. The van der Waals surface area contributed by atoms with Crippen molar-refractivity contribution >= 4 is 6.09 Å². The van der Waals surface area contributed by atoms with Crippen LogP contribution in [0.4, 0.5) is 4.79 Å². The molecule has 0 aromatic rings. The maximum absolute atomic E-state index is 12.3. The van der Waals surface area contributed by atoms with E-state index in [0.29, 0.717) is 17.4 Å². The topological polar surface area (TPSA) is 38.3 Å². The maximum Gasteiger partial charge on any atom is 0.408 e. The average Bonchev–Trinajstić information content (AvgIpc) is 3.19. The van der Waals surface area contributed by atoms with Crippen LogP contribution in [0.25, 0.3) is 0 Å². The van der Waals surface area contributed by atoms with E-state index >= 15 is 0 Å². The number of fused-ring (bicyclic) bond motifs is 5. The molecule has 2 unspecified atom stereocenters. The van der Waals surface area contributed by atoms with E-state index in [-0.39, 0.29) is 12.2 Å². The van der Waals surface area contributed by atoms with Gasteiger partial charge in [0, 0.05) is 12.8 Å². The van der Waals surface area contributed by atoms with Crippen LogP contribution >= 0.6 is 0 Å². The monoisotopic (exact) mass is 495 g/mol. The van der Waals surface area contributed by atoms with Gasteiger partial charge in [-0.05, 0) is 91.3 Å². The van der Waals surface area contributed by atoms with Gasteiger partial charge in [0.1, 0.15) is 6.10 Å². The van der Waals surface area contributed by atoms with Crippen LogP contribution in [0.3, 0.4) is 0 Å². The predicted molar refractivity (Wildman–Crippen MR) is 149 cm³/mol. The van der Waals surface area contributed by atoms with Gasteiger partial charge >= 0.3 is 6.09 Å². The molecule has 0 aromatic carbocycles. The van der Waals surface area contributed by atoms with Crippen LogP contribution in [0.2, 0.25) is 0 Å². The van der Waals surface area contributed by atoms with Crippen molar-refractivity contribution in [1.82, 2.24) is 5.32 Å². The zero-order valence-corrected chi connectivity index (χ0v) is 24.1. The van der Waals surface area contributed by atoms with E-state index in [0.717, 1.165) is 61.2 Å². The van der Waals surface area contributed by atoms with Gasteiger partial charge in [0.25, 0.3) is 0 Å². The predicted octanol–water partition coefficient (Wildman–Crippen LogP) is 8.54. The van der Waals surface area contributed by atoms with E-state index < -0.39 is 0 Å². The Balaban J connectivity index is 1.38. The average molecular weight is 496 g/mol. The smallest absolute Gasteiger partial charge is 0.408 e. The highest BCUT2D eigenvalue weighted by Crippen LogP contribution is 2.67. The lowest BCUT2D eigenvalue weighted by Gasteiger charge is -2.58. The maximum atomic E-state index is 12.3. The van der Waals surface area contributed by atoms with Crippen molar-refractivity contribution in [2.75, 3.05) is 6.54 Å². The molecule has 0 saturated heterocycles. The number of alkyl carbamates (subject to hydrolysis) is 1. The third-order valence-electron chi connectivity index (χ3n) is 11.2. The summed E-state index contributed by atoms with van der Waals surface area (Å²) in [5, 5.41) is 2.80. The molecule has 8 atom stereocenters. The fourth-order valence-electron chi connectivity index (χ4n) is 9.25. The van der Waals surface area contributed by atoms with Crippen LogP contribution in [-0.4, -0.2) is 18.7 Å². The van der Waals surface area contributed by atoms with Crippen molar-refractivity contribution in [3.63, 3.8) is 0 Å². The Hall–Kier alpha value is -1.43. The second-order valence-electron chi connectivity index (χ2n) is 13.6. The molecule has 1 N–H and O–H groups in total. The van der Waals surface area contributed by atoms with Crippen LogP contribution in [0.15, 0.2) is 11.6 Å². The number of rotatable bonds is 7. The fraction of sp³-hybridized carbons (Fsp3) is 0.848. The molecule has 4 aliphatic rings. The molecular weight excluding hydrogens is 442 g/mol. The van der Waals surface area contributed by atoms with E-state index in [2.05, 4.69) is 57.9 Å². The molecule has 3 saturated carbocycles. The van der Waals surface area contributed by atoms with Crippen molar-refractivity contribution in [3.8, 4) is 11.8 Å². The molecule has 3 fully saturated rings. The van der Waals surface area contributed by atoms with E-state index in [1.165, 1.54) is 51.4 Å². The van der Waals surface area contributed by atoms with E-state index in [1.807, 2.05) is 6.92 Å². The molecule has 0 heterocycles. The molecule has 4 rings (SSSR count).